The molecule has 0 radical (unpaired) electrons. The van der Waals surface area contributed by atoms with Gasteiger partial charge in [-0.2, -0.15) is 13.2 Å². The minimum Gasteiger partial charge on any atom is -0.309 e. The van der Waals surface area contributed by atoms with Gasteiger partial charge in [-0.05, 0) is 44.0 Å². The first-order valence-electron chi connectivity index (χ1n) is 6.90. The molecule has 21 heavy (non-hydrogen) atoms. The van der Waals surface area contributed by atoms with Crippen LogP contribution >= 0.6 is 0 Å². The third-order valence-corrected chi connectivity index (χ3v) is 3.88. The Balaban J connectivity index is 2.06. The number of alkyl halides is 3. The fraction of sp³-hybridized carbons (Fsp3) is 0.400. The summed E-state index contributed by atoms with van der Waals surface area (Å²) in [6.07, 6.45) is 1.01. The normalized spacial score (nSPS) is 19.1. The molecule has 2 aromatic rings. The summed E-state index contributed by atoms with van der Waals surface area (Å²) in [5.74, 6) is 0. The fourth-order valence-corrected chi connectivity index (χ4v) is 2.75. The van der Waals surface area contributed by atoms with Crippen LogP contribution in [0.25, 0.3) is 5.69 Å². The molecule has 0 aliphatic carbocycles. The molecule has 0 saturated carbocycles. The van der Waals surface area contributed by atoms with Crippen LogP contribution in [-0.4, -0.2) is 16.1 Å². The lowest BCUT2D eigenvalue weighted by Gasteiger charge is -2.17. The van der Waals surface area contributed by atoms with Gasteiger partial charge in [0.05, 0.1) is 29.5 Å². The summed E-state index contributed by atoms with van der Waals surface area (Å²) in [6, 6.07) is 3.96. The zero-order valence-corrected chi connectivity index (χ0v) is 11.6. The molecule has 112 valence electrons. The van der Waals surface area contributed by atoms with E-state index >= 15 is 0 Å². The number of nitrogens with one attached hydrogen (secondary N) is 1. The molecule has 1 N–H and O–H groups in total. The lowest BCUT2D eigenvalue weighted by Crippen LogP contribution is -2.17. The maximum absolute atomic E-state index is 12.9. The van der Waals surface area contributed by atoms with Gasteiger partial charge in [0.1, 0.15) is 0 Å². The second kappa shape index (κ2) is 5.18. The Bertz CT molecular complexity index is 640. The number of benzene rings is 1. The third-order valence-electron chi connectivity index (χ3n) is 3.88. The first-order valence-corrected chi connectivity index (χ1v) is 6.90. The van der Waals surface area contributed by atoms with Crippen molar-refractivity contribution in [3.63, 3.8) is 0 Å². The van der Waals surface area contributed by atoms with E-state index in [2.05, 4.69) is 10.3 Å². The van der Waals surface area contributed by atoms with Crippen LogP contribution in [0.15, 0.2) is 30.7 Å². The first-order chi connectivity index (χ1) is 9.97. The first kappa shape index (κ1) is 14.1. The van der Waals surface area contributed by atoms with Crippen LogP contribution in [-0.2, 0) is 6.18 Å². The fourth-order valence-electron chi connectivity index (χ4n) is 2.75. The second-order valence-electron chi connectivity index (χ2n) is 5.34. The Morgan fingerprint density at radius 2 is 2.14 bits per heavy atom. The quantitative estimate of drug-likeness (QED) is 0.917. The van der Waals surface area contributed by atoms with Crippen LogP contribution in [0.5, 0.6) is 0 Å². The Hall–Kier alpha value is -1.82. The molecule has 1 atom stereocenters. The molecule has 3 rings (SSSR count). The van der Waals surface area contributed by atoms with E-state index in [9.17, 15) is 13.2 Å². The maximum atomic E-state index is 12.9. The number of hydrogen-bond donors (Lipinski definition) is 1. The molecule has 1 aliphatic heterocycles. The lowest BCUT2D eigenvalue weighted by molar-refractivity contribution is -0.137. The van der Waals surface area contributed by atoms with E-state index in [-0.39, 0.29) is 6.04 Å². The molecule has 1 aliphatic rings. The van der Waals surface area contributed by atoms with Gasteiger partial charge in [0, 0.05) is 6.04 Å². The highest BCUT2D eigenvalue weighted by molar-refractivity contribution is 5.45. The summed E-state index contributed by atoms with van der Waals surface area (Å²) in [5, 5.41) is 3.35. The summed E-state index contributed by atoms with van der Waals surface area (Å²) in [5.41, 5.74) is 1.60. The standard InChI is InChI=1S/C15H16F3N3/c1-10-4-5-11(15(16,17)18)7-13(10)21-9-19-8-14(21)12-3-2-6-20-12/h4-5,7-9,12,20H,2-3,6H2,1H3/t12-/m0/s1. The molecule has 1 aromatic carbocycles. The van der Waals surface area contributed by atoms with Crippen LogP contribution in [0, 0.1) is 6.92 Å². The van der Waals surface area contributed by atoms with Gasteiger partial charge in [-0.25, -0.2) is 4.98 Å². The topological polar surface area (TPSA) is 29.9 Å². The largest absolute Gasteiger partial charge is 0.416 e. The van der Waals surface area contributed by atoms with Gasteiger partial charge in [0.25, 0.3) is 0 Å². The predicted octanol–water partition coefficient (Wildman–Crippen LogP) is 3.62. The van der Waals surface area contributed by atoms with Crippen LogP contribution in [0.3, 0.4) is 0 Å². The second-order valence-corrected chi connectivity index (χ2v) is 5.34. The highest BCUT2D eigenvalue weighted by Crippen LogP contribution is 2.33. The van der Waals surface area contributed by atoms with Crippen LogP contribution in [0.1, 0.15) is 35.7 Å². The molecule has 0 amide bonds. The van der Waals surface area contributed by atoms with Crippen molar-refractivity contribution in [2.24, 2.45) is 0 Å². The van der Waals surface area contributed by atoms with Crippen molar-refractivity contribution in [3.8, 4) is 5.69 Å². The summed E-state index contributed by atoms with van der Waals surface area (Å²) < 4.78 is 40.5. The van der Waals surface area contributed by atoms with Gasteiger partial charge in [0.2, 0.25) is 0 Å². The van der Waals surface area contributed by atoms with Gasteiger partial charge in [-0.15, -0.1) is 0 Å². The number of hydrogen-bond acceptors (Lipinski definition) is 2. The number of imidazole rings is 1. The van der Waals surface area contributed by atoms with E-state index in [1.807, 2.05) is 0 Å². The van der Waals surface area contributed by atoms with Gasteiger partial charge in [0.15, 0.2) is 0 Å². The van der Waals surface area contributed by atoms with Crippen molar-refractivity contribution in [1.29, 1.82) is 0 Å². The number of rotatable bonds is 2. The van der Waals surface area contributed by atoms with Crippen molar-refractivity contribution in [3.05, 3.63) is 47.5 Å². The van der Waals surface area contributed by atoms with Crippen molar-refractivity contribution in [2.45, 2.75) is 32.0 Å². The van der Waals surface area contributed by atoms with Gasteiger partial charge in [-0.1, -0.05) is 6.07 Å². The van der Waals surface area contributed by atoms with Gasteiger partial charge >= 0.3 is 6.18 Å². The molecule has 1 aromatic heterocycles. The minimum absolute atomic E-state index is 0.154. The Morgan fingerprint density at radius 3 is 2.81 bits per heavy atom. The number of nitrogens with zero attached hydrogens (tertiary/aromatic N) is 2. The summed E-state index contributed by atoms with van der Waals surface area (Å²) >= 11 is 0. The van der Waals surface area contributed by atoms with Gasteiger partial charge in [-0.3, -0.25) is 0 Å². The number of aryl methyl sites for hydroxylation is 1. The number of halogens is 3. The average molecular weight is 295 g/mol. The van der Waals surface area contributed by atoms with E-state index in [0.29, 0.717) is 5.69 Å². The predicted molar refractivity (Wildman–Crippen MR) is 73.3 cm³/mol. The van der Waals surface area contributed by atoms with Crippen LogP contribution in [0.2, 0.25) is 0 Å². The van der Waals surface area contributed by atoms with E-state index in [0.717, 1.165) is 36.7 Å². The average Bonchev–Trinajstić information content (AvgIpc) is 3.08. The van der Waals surface area contributed by atoms with Crippen molar-refractivity contribution >= 4 is 0 Å². The molecule has 0 unspecified atom stereocenters. The van der Waals surface area contributed by atoms with E-state index in [1.165, 1.54) is 12.1 Å². The minimum atomic E-state index is -4.34. The Morgan fingerprint density at radius 1 is 1.33 bits per heavy atom. The number of aromatic nitrogens is 2. The zero-order chi connectivity index (χ0) is 15.0. The maximum Gasteiger partial charge on any atom is 0.416 e. The van der Waals surface area contributed by atoms with Crippen molar-refractivity contribution < 1.29 is 13.2 Å². The lowest BCUT2D eigenvalue weighted by atomic mass is 10.1. The monoisotopic (exact) mass is 295 g/mol. The molecule has 0 spiro atoms. The molecule has 0 bridgehead atoms. The third kappa shape index (κ3) is 2.68. The molecule has 3 nitrogen and oxygen atoms in total. The highest BCUT2D eigenvalue weighted by Gasteiger charge is 2.31. The molecule has 6 heteroatoms. The van der Waals surface area contributed by atoms with E-state index in [4.69, 9.17) is 0 Å². The molecular formula is C15H16F3N3. The van der Waals surface area contributed by atoms with Crippen LogP contribution in [0.4, 0.5) is 13.2 Å². The molecule has 1 saturated heterocycles. The molecule has 2 heterocycles. The SMILES string of the molecule is Cc1ccc(C(F)(F)F)cc1-n1cncc1[C@@H]1CCCN1. The van der Waals surface area contributed by atoms with E-state index in [1.54, 1.807) is 24.0 Å². The Kier molecular flexibility index (Phi) is 3.49. The van der Waals surface area contributed by atoms with E-state index < -0.39 is 11.7 Å². The summed E-state index contributed by atoms with van der Waals surface area (Å²) in [6.45, 7) is 2.73. The highest BCUT2D eigenvalue weighted by atomic mass is 19.4. The molecular weight excluding hydrogens is 279 g/mol. The Labute approximate surface area is 120 Å². The summed E-state index contributed by atoms with van der Waals surface area (Å²) in [4.78, 5) is 4.12. The van der Waals surface area contributed by atoms with Crippen molar-refractivity contribution in [2.75, 3.05) is 6.54 Å². The zero-order valence-electron chi connectivity index (χ0n) is 11.6. The van der Waals surface area contributed by atoms with Gasteiger partial charge < -0.3 is 9.88 Å². The molecule has 1 fully saturated rings. The van der Waals surface area contributed by atoms with Crippen molar-refractivity contribution in [1.82, 2.24) is 14.9 Å². The summed E-state index contributed by atoms with van der Waals surface area (Å²) in [7, 11) is 0. The van der Waals surface area contributed by atoms with Crippen LogP contribution < -0.4 is 5.32 Å². The smallest absolute Gasteiger partial charge is 0.309 e.